The SMILES string of the molecule is CCC(C(=O)NCC(C)C)N(Cc1ccccc1Cl)C(=O)Cc1ccccc1C. The lowest BCUT2D eigenvalue weighted by Crippen LogP contribution is -2.50. The molecule has 156 valence electrons. The summed E-state index contributed by atoms with van der Waals surface area (Å²) in [5.74, 6) is 0.147. The second-order valence-corrected chi connectivity index (χ2v) is 8.19. The minimum absolute atomic E-state index is 0.0780. The fourth-order valence-corrected chi connectivity index (χ4v) is 3.42. The van der Waals surface area contributed by atoms with Crippen molar-refractivity contribution < 1.29 is 9.59 Å². The van der Waals surface area contributed by atoms with E-state index < -0.39 is 6.04 Å². The highest BCUT2D eigenvalue weighted by molar-refractivity contribution is 6.31. The predicted octanol–water partition coefficient (Wildman–Crippen LogP) is 4.77. The van der Waals surface area contributed by atoms with E-state index in [0.29, 0.717) is 30.5 Å². The third-order valence-electron chi connectivity index (χ3n) is 4.97. The van der Waals surface area contributed by atoms with Crippen molar-refractivity contribution in [1.82, 2.24) is 10.2 Å². The number of carbonyl (C=O) groups excluding carboxylic acids is 2. The average Bonchev–Trinajstić information content (AvgIpc) is 2.69. The molecule has 4 nitrogen and oxygen atoms in total. The number of halogens is 1. The molecule has 1 unspecified atom stereocenters. The Labute approximate surface area is 179 Å². The van der Waals surface area contributed by atoms with E-state index in [9.17, 15) is 9.59 Å². The van der Waals surface area contributed by atoms with Crippen LogP contribution in [-0.4, -0.2) is 29.3 Å². The summed E-state index contributed by atoms with van der Waals surface area (Å²) in [5, 5.41) is 3.57. The first-order valence-corrected chi connectivity index (χ1v) is 10.6. The van der Waals surface area contributed by atoms with Crippen LogP contribution < -0.4 is 5.32 Å². The number of nitrogens with zero attached hydrogens (tertiary/aromatic N) is 1. The van der Waals surface area contributed by atoms with Gasteiger partial charge >= 0.3 is 0 Å². The molecule has 2 rings (SSSR count). The van der Waals surface area contributed by atoms with Crippen molar-refractivity contribution in [1.29, 1.82) is 0 Å². The number of hydrogen-bond acceptors (Lipinski definition) is 2. The third kappa shape index (κ3) is 6.60. The van der Waals surface area contributed by atoms with Gasteiger partial charge in [0.15, 0.2) is 0 Å². The van der Waals surface area contributed by atoms with Gasteiger partial charge in [-0.25, -0.2) is 0 Å². The van der Waals surface area contributed by atoms with Gasteiger partial charge < -0.3 is 10.2 Å². The summed E-state index contributed by atoms with van der Waals surface area (Å²) in [5.41, 5.74) is 2.87. The molecule has 1 N–H and O–H groups in total. The van der Waals surface area contributed by atoms with Crippen molar-refractivity contribution in [3.05, 3.63) is 70.2 Å². The van der Waals surface area contributed by atoms with Gasteiger partial charge in [-0.3, -0.25) is 9.59 Å². The van der Waals surface area contributed by atoms with Crippen molar-refractivity contribution >= 4 is 23.4 Å². The topological polar surface area (TPSA) is 49.4 Å². The maximum Gasteiger partial charge on any atom is 0.242 e. The minimum atomic E-state index is -0.540. The Morgan fingerprint density at radius 1 is 1.03 bits per heavy atom. The Hall–Kier alpha value is -2.33. The summed E-state index contributed by atoms with van der Waals surface area (Å²) in [4.78, 5) is 27.9. The van der Waals surface area contributed by atoms with Crippen molar-refractivity contribution in [2.75, 3.05) is 6.54 Å². The van der Waals surface area contributed by atoms with E-state index in [0.717, 1.165) is 16.7 Å². The van der Waals surface area contributed by atoms with E-state index >= 15 is 0 Å². The molecule has 2 amide bonds. The van der Waals surface area contributed by atoms with Gasteiger partial charge in [0.2, 0.25) is 11.8 Å². The second kappa shape index (κ2) is 11.0. The first-order valence-electron chi connectivity index (χ1n) is 10.2. The van der Waals surface area contributed by atoms with Crippen molar-refractivity contribution in [3.63, 3.8) is 0 Å². The summed E-state index contributed by atoms with van der Waals surface area (Å²) < 4.78 is 0. The highest BCUT2D eigenvalue weighted by atomic mass is 35.5. The number of carbonyl (C=O) groups is 2. The Bertz CT molecular complexity index is 835. The molecule has 0 saturated carbocycles. The molecule has 0 bridgehead atoms. The molecule has 0 aliphatic carbocycles. The van der Waals surface area contributed by atoms with Crippen molar-refractivity contribution in [3.8, 4) is 0 Å². The van der Waals surface area contributed by atoms with E-state index in [2.05, 4.69) is 5.32 Å². The van der Waals surface area contributed by atoms with Crippen LogP contribution in [0.5, 0.6) is 0 Å². The molecule has 2 aromatic carbocycles. The van der Waals surface area contributed by atoms with E-state index in [1.807, 2.05) is 70.2 Å². The molecule has 0 aliphatic heterocycles. The van der Waals surface area contributed by atoms with Crippen LogP contribution in [0.3, 0.4) is 0 Å². The van der Waals surface area contributed by atoms with Crippen LogP contribution in [0.4, 0.5) is 0 Å². The standard InChI is InChI=1S/C24H31ClN2O2/c1-5-22(24(29)26-15-17(2)3)27(16-20-12-8-9-13-21(20)25)23(28)14-19-11-7-6-10-18(19)4/h6-13,17,22H,5,14-16H2,1-4H3,(H,26,29). The number of rotatable bonds is 9. The number of amides is 2. The van der Waals surface area contributed by atoms with Crippen molar-refractivity contribution in [2.45, 2.75) is 53.1 Å². The van der Waals surface area contributed by atoms with Gasteiger partial charge in [-0.1, -0.05) is 74.8 Å². The Morgan fingerprint density at radius 3 is 2.24 bits per heavy atom. The lowest BCUT2D eigenvalue weighted by molar-refractivity contribution is -0.141. The summed E-state index contributed by atoms with van der Waals surface area (Å²) >= 11 is 6.35. The molecular formula is C24H31ClN2O2. The fraction of sp³-hybridized carbons (Fsp3) is 0.417. The third-order valence-corrected chi connectivity index (χ3v) is 5.34. The molecule has 0 saturated heterocycles. The van der Waals surface area contributed by atoms with Crippen LogP contribution in [0.15, 0.2) is 48.5 Å². The molecule has 0 aliphatic rings. The van der Waals surface area contributed by atoms with Gasteiger partial charge in [-0.15, -0.1) is 0 Å². The Kier molecular flexibility index (Phi) is 8.71. The summed E-state index contributed by atoms with van der Waals surface area (Å²) in [7, 11) is 0. The van der Waals surface area contributed by atoms with E-state index in [-0.39, 0.29) is 18.2 Å². The van der Waals surface area contributed by atoms with Gasteiger partial charge in [0.1, 0.15) is 6.04 Å². The highest BCUT2D eigenvalue weighted by Crippen LogP contribution is 2.21. The molecule has 0 spiro atoms. The van der Waals surface area contributed by atoms with Crippen LogP contribution in [0.2, 0.25) is 5.02 Å². The predicted molar refractivity (Wildman–Crippen MR) is 119 cm³/mol. The lowest BCUT2D eigenvalue weighted by atomic mass is 10.0. The van der Waals surface area contributed by atoms with Gasteiger partial charge in [-0.2, -0.15) is 0 Å². The van der Waals surface area contributed by atoms with Crippen LogP contribution >= 0.6 is 11.6 Å². The molecule has 29 heavy (non-hydrogen) atoms. The zero-order valence-corrected chi connectivity index (χ0v) is 18.5. The number of hydrogen-bond donors (Lipinski definition) is 1. The van der Waals surface area contributed by atoms with E-state index in [1.54, 1.807) is 11.0 Å². The normalized spacial score (nSPS) is 11.9. The Morgan fingerprint density at radius 2 is 1.66 bits per heavy atom. The van der Waals surface area contributed by atoms with E-state index in [4.69, 9.17) is 11.6 Å². The van der Waals surface area contributed by atoms with Gasteiger partial charge in [-0.05, 0) is 42.0 Å². The highest BCUT2D eigenvalue weighted by Gasteiger charge is 2.29. The van der Waals surface area contributed by atoms with Crippen LogP contribution in [0, 0.1) is 12.8 Å². The average molecular weight is 415 g/mol. The quantitative estimate of drug-likeness (QED) is 0.642. The molecule has 0 radical (unpaired) electrons. The first-order chi connectivity index (χ1) is 13.8. The zero-order valence-electron chi connectivity index (χ0n) is 17.7. The Balaban J connectivity index is 2.30. The lowest BCUT2D eigenvalue weighted by Gasteiger charge is -2.31. The van der Waals surface area contributed by atoms with E-state index in [1.165, 1.54) is 0 Å². The number of aryl methyl sites for hydroxylation is 1. The molecule has 0 heterocycles. The largest absolute Gasteiger partial charge is 0.354 e. The molecule has 1 atom stereocenters. The first kappa shape index (κ1) is 23.0. The van der Waals surface area contributed by atoms with Gasteiger partial charge in [0, 0.05) is 18.1 Å². The minimum Gasteiger partial charge on any atom is -0.354 e. The smallest absolute Gasteiger partial charge is 0.242 e. The molecule has 2 aromatic rings. The second-order valence-electron chi connectivity index (χ2n) is 7.78. The summed E-state index contributed by atoms with van der Waals surface area (Å²) in [6, 6.07) is 14.8. The summed E-state index contributed by atoms with van der Waals surface area (Å²) in [6.07, 6.45) is 0.791. The van der Waals surface area contributed by atoms with Crippen LogP contribution in [-0.2, 0) is 22.6 Å². The fourth-order valence-electron chi connectivity index (χ4n) is 3.23. The number of benzene rings is 2. The maximum atomic E-state index is 13.3. The number of nitrogens with one attached hydrogen (secondary N) is 1. The monoisotopic (exact) mass is 414 g/mol. The molecular weight excluding hydrogens is 384 g/mol. The maximum absolute atomic E-state index is 13.3. The zero-order chi connectivity index (χ0) is 21.4. The molecule has 5 heteroatoms. The van der Waals surface area contributed by atoms with Crippen LogP contribution in [0.25, 0.3) is 0 Å². The summed E-state index contributed by atoms with van der Waals surface area (Å²) in [6.45, 7) is 8.91. The van der Waals surface area contributed by atoms with Crippen LogP contribution in [0.1, 0.15) is 43.9 Å². The van der Waals surface area contributed by atoms with Gasteiger partial charge in [0.25, 0.3) is 0 Å². The van der Waals surface area contributed by atoms with Crippen molar-refractivity contribution in [2.24, 2.45) is 5.92 Å². The molecule has 0 aromatic heterocycles. The molecule has 0 fully saturated rings. The van der Waals surface area contributed by atoms with Gasteiger partial charge in [0.05, 0.1) is 6.42 Å².